The maximum absolute atomic E-state index is 5.48. The Balaban J connectivity index is 0.749. The quantitative estimate of drug-likeness (QED) is 0.137. The highest BCUT2D eigenvalue weighted by Crippen LogP contribution is 2.55. The van der Waals surface area contributed by atoms with Gasteiger partial charge in [-0.2, -0.15) is 0 Å². The molecule has 0 aliphatic heterocycles. The first kappa shape index (κ1) is 57.2. The van der Waals surface area contributed by atoms with Gasteiger partial charge in [0.15, 0.2) is 0 Å². The predicted molar refractivity (Wildman–Crippen MR) is 417 cm³/mol. The lowest BCUT2D eigenvalue weighted by Crippen LogP contribution is -2.02. The molecule has 0 bridgehead atoms. The standard InChI is InChI=1S/C88H52N14S/c1-49-50(2)84(101-70-30-29-53(41-58(70)82-75(101)25-13-35-93-82)64-19-9-21-66(95-64)68-23-11-27-77(97-68)99-71-31-37-89-45-60(71)61-46-90-38-32-72(61)99)88-81(79(49)52-17-7-4-8-18-52)80-55(51-15-5-3-6-16-51)44-57-56-42-54(43-59-83-76(26-14-36-94-83)102(85(56)59)86(57)87(80)103-88)65-20-10-22-67(96-65)69-24-12-28-78(98-69)100-73-33-39-91-47-62(73)63-48-92-40-34-74(63)100/h3-48H,1-2H3. The van der Waals surface area contributed by atoms with Crippen molar-refractivity contribution in [3.05, 3.63) is 291 Å². The Morgan fingerprint density at radius 3 is 1.38 bits per heavy atom. The van der Waals surface area contributed by atoms with Gasteiger partial charge in [0.25, 0.3) is 0 Å². The summed E-state index contributed by atoms with van der Waals surface area (Å²) in [6.07, 6.45) is 18.7. The van der Waals surface area contributed by atoms with Crippen LogP contribution in [0.25, 0.3) is 209 Å². The Morgan fingerprint density at radius 1 is 0.301 bits per heavy atom. The minimum absolute atomic E-state index is 0.761. The molecule has 480 valence electrons. The first-order chi connectivity index (χ1) is 51.0. The maximum Gasteiger partial charge on any atom is 0.138 e. The third kappa shape index (κ3) is 8.30. The van der Waals surface area contributed by atoms with E-state index in [2.05, 4.69) is 216 Å². The Kier molecular flexibility index (Phi) is 12.1. The number of nitrogens with zero attached hydrogens (tertiary/aromatic N) is 14. The second-order valence-electron chi connectivity index (χ2n) is 26.4. The Bertz CT molecular complexity index is 7240. The molecular formula is C88H52N14S. The van der Waals surface area contributed by atoms with Crippen LogP contribution in [-0.4, -0.2) is 67.9 Å². The molecule has 0 N–H and O–H groups in total. The fourth-order valence-electron chi connectivity index (χ4n) is 16.4. The lowest BCUT2D eigenvalue weighted by molar-refractivity contribution is 1.07. The molecule has 0 spiro atoms. The molecule has 22 aromatic rings. The minimum atomic E-state index is 0.761. The van der Waals surface area contributed by atoms with Crippen molar-refractivity contribution in [2.45, 2.75) is 13.8 Å². The zero-order valence-electron chi connectivity index (χ0n) is 55.2. The monoisotopic (exact) mass is 1340 g/mol. The topological polar surface area (TPSA) is 148 Å². The summed E-state index contributed by atoms with van der Waals surface area (Å²) in [6, 6.07) is 77.2. The van der Waals surface area contributed by atoms with Crippen LogP contribution >= 0.6 is 11.3 Å². The molecule has 16 aromatic heterocycles. The van der Waals surface area contributed by atoms with Gasteiger partial charge in [-0.15, -0.1) is 11.3 Å². The van der Waals surface area contributed by atoms with Crippen LogP contribution in [0.15, 0.2) is 280 Å². The largest absolute Gasteiger partial charge is 0.306 e. The number of thiophene rings is 1. The number of benzene rings is 6. The highest BCUT2D eigenvalue weighted by Gasteiger charge is 2.31. The van der Waals surface area contributed by atoms with E-state index in [0.29, 0.717) is 0 Å². The van der Waals surface area contributed by atoms with Gasteiger partial charge in [-0.05, 0) is 175 Å². The predicted octanol–water partition coefficient (Wildman–Crippen LogP) is 21.1. The van der Waals surface area contributed by atoms with Crippen LogP contribution in [0.4, 0.5) is 0 Å². The minimum Gasteiger partial charge on any atom is -0.306 e. The summed E-state index contributed by atoms with van der Waals surface area (Å²) in [7, 11) is 0. The van der Waals surface area contributed by atoms with E-state index < -0.39 is 0 Å². The number of hydrogen-bond acceptors (Lipinski definition) is 11. The van der Waals surface area contributed by atoms with Gasteiger partial charge in [0, 0.05) is 127 Å². The highest BCUT2D eigenvalue weighted by molar-refractivity contribution is 7.27. The number of rotatable bonds is 9. The summed E-state index contributed by atoms with van der Waals surface area (Å²) in [5.74, 6) is 1.57. The molecular weight excluding hydrogens is 1290 g/mol. The van der Waals surface area contributed by atoms with Crippen LogP contribution in [0.5, 0.6) is 0 Å². The Hall–Kier alpha value is -13.8. The lowest BCUT2D eigenvalue weighted by atomic mass is 9.88. The zero-order chi connectivity index (χ0) is 67.7. The number of pyridine rings is 10. The Morgan fingerprint density at radius 2 is 0.786 bits per heavy atom. The van der Waals surface area contributed by atoms with Crippen molar-refractivity contribution in [2.75, 3.05) is 0 Å². The summed E-state index contributed by atoms with van der Waals surface area (Å²) in [5.41, 5.74) is 26.1. The average Bonchev–Trinajstić information content (AvgIpc) is 1.51. The molecule has 103 heavy (non-hydrogen) atoms. The van der Waals surface area contributed by atoms with E-state index in [4.69, 9.17) is 29.9 Å². The van der Waals surface area contributed by atoms with Gasteiger partial charge < -0.3 is 8.97 Å². The molecule has 0 radical (unpaired) electrons. The van der Waals surface area contributed by atoms with E-state index in [9.17, 15) is 0 Å². The molecule has 16 heterocycles. The second-order valence-corrected chi connectivity index (χ2v) is 27.4. The molecule has 6 aromatic carbocycles. The first-order valence-electron chi connectivity index (χ1n) is 34.2. The fourth-order valence-corrected chi connectivity index (χ4v) is 17.9. The van der Waals surface area contributed by atoms with Gasteiger partial charge in [0.05, 0.1) is 110 Å². The smallest absolute Gasteiger partial charge is 0.138 e. The van der Waals surface area contributed by atoms with Gasteiger partial charge >= 0.3 is 0 Å². The first-order valence-corrected chi connectivity index (χ1v) is 35.0. The molecule has 0 saturated carbocycles. The number of aromatic nitrogens is 14. The molecule has 14 nitrogen and oxygen atoms in total. The second kappa shape index (κ2) is 21.9. The molecule has 0 atom stereocenters. The number of hydrogen-bond donors (Lipinski definition) is 0. The number of fused-ring (bicyclic) bond motifs is 19. The molecule has 0 aliphatic carbocycles. The van der Waals surface area contributed by atoms with Crippen molar-refractivity contribution in [3.8, 4) is 84.9 Å². The molecule has 15 heteroatoms. The normalized spacial score (nSPS) is 12.2. The van der Waals surface area contributed by atoms with E-state index in [1.807, 2.05) is 128 Å². The average molecular weight is 1340 g/mol. The molecule has 0 unspecified atom stereocenters. The fraction of sp³-hybridized carbons (Fsp3) is 0.0227. The molecule has 0 saturated heterocycles. The van der Waals surface area contributed by atoms with Crippen molar-refractivity contribution in [1.29, 1.82) is 0 Å². The summed E-state index contributed by atoms with van der Waals surface area (Å²) in [4.78, 5) is 49.8. The van der Waals surface area contributed by atoms with E-state index in [-0.39, 0.29) is 0 Å². The lowest BCUT2D eigenvalue weighted by Gasteiger charge is -2.20. The van der Waals surface area contributed by atoms with Gasteiger partial charge in [-0.3, -0.25) is 39.0 Å². The van der Waals surface area contributed by atoms with Crippen molar-refractivity contribution < 1.29 is 0 Å². The van der Waals surface area contributed by atoms with Crippen LogP contribution in [-0.2, 0) is 0 Å². The summed E-state index contributed by atoms with van der Waals surface area (Å²) in [5, 5.41) is 10.9. The van der Waals surface area contributed by atoms with Gasteiger partial charge in [-0.1, -0.05) is 91.0 Å². The van der Waals surface area contributed by atoms with Crippen molar-refractivity contribution in [1.82, 2.24) is 67.9 Å². The van der Waals surface area contributed by atoms with Crippen LogP contribution < -0.4 is 0 Å². The zero-order valence-corrected chi connectivity index (χ0v) is 56.0. The summed E-state index contributed by atoms with van der Waals surface area (Å²) >= 11 is 1.89. The third-order valence-corrected chi connectivity index (χ3v) is 22.2. The summed E-state index contributed by atoms with van der Waals surface area (Å²) in [6.45, 7) is 4.62. The Labute approximate surface area is 589 Å². The van der Waals surface area contributed by atoms with Crippen molar-refractivity contribution in [3.63, 3.8) is 0 Å². The van der Waals surface area contributed by atoms with Crippen LogP contribution in [0.1, 0.15) is 11.1 Å². The van der Waals surface area contributed by atoms with Crippen LogP contribution in [0, 0.1) is 13.8 Å². The molecule has 0 fully saturated rings. The van der Waals surface area contributed by atoms with E-state index in [0.717, 1.165) is 183 Å². The highest BCUT2D eigenvalue weighted by atomic mass is 32.1. The van der Waals surface area contributed by atoms with Crippen LogP contribution in [0.3, 0.4) is 0 Å². The molecule has 0 amide bonds. The van der Waals surface area contributed by atoms with E-state index in [1.54, 1.807) is 0 Å². The van der Waals surface area contributed by atoms with Gasteiger partial charge in [0.2, 0.25) is 0 Å². The van der Waals surface area contributed by atoms with Crippen molar-refractivity contribution >= 4 is 135 Å². The van der Waals surface area contributed by atoms with E-state index >= 15 is 0 Å². The van der Waals surface area contributed by atoms with E-state index in [1.165, 1.54) is 36.9 Å². The van der Waals surface area contributed by atoms with Gasteiger partial charge in [-0.25, -0.2) is 19.9 Å². The molecule has 0 aliphatic rings. The van der Waals surface area contributed by atoms with Gasteiger partial charge in [0.1, 0.15) is 11.6 Å². The van der Waals surface area contributed by atoms with Crippen LogP contribution in [0.2, 0.25) is 0 Å². The molecule has 22 rings (SSSR count). The van der Waals surface area contributed by atoms with Crippen molar-refractivity contribution in [2.24, 2.45) is 0 Å². The summed E-state index contributed by atoms with van der Waals surface area (Å²) < 4.78 is 11.7. The third-order valence-electron chi connectivity index (χ3n) is 21.0. The SMILES string of the molecule is Cc1c(C)c(-c2ccccc2)c2c(sc3c2c(-c2ccccc2)cc2c4cc(-c5cccc(-c6cccc(-n7c8ccncc8c8cnccc87)n6)n5)cc5c6ncccc6n(c45)c23)c1-n1c2ccc(-c3cccc(-c4cccc(-n5c6ccncc6c6cnccc65)n4)n3)cc2c2ncccc21. The maximum atomic E-state index is 5.48.